The zero-order valence-electron chi connectivity index (χ0n) is 10.4. The van der Waals surface area contributed by atoms with Gasteiger partial charge in [0.2, 0.25) is 0 Å². The number of aromatic nitrogens is 2. The van der Waals surface area contributed by atoms with Crippen molar-refractivity contribution in [3.8, 4) is 5.69 Å². The Balaban J connectivity index is 2.44. The summed E-state index contributed by atoms with van der Waals surface area (Å²) in [5.74, 6) is -1.48. The van der Waals surface area contributed by atoms with Crippen molar-refractivity contribution in [2.75, 3.05) is 0 Å². The molecule has 0 unspecified atom stereocenters. The van der Waals surface area contributed by atoms with Crippen molar-refractivity contribution < 1.29 is 8.78 Å². The maximum Gasteiger partial charge on any atom is 0.182 e. The average molecular weight is 311 g/mol. The minimum absolute atomic E-state index is 0.0268. The van der Waals surface area contributed by atoms with Gasteiger partial charge in [-0.25, -0.2) is 8.78 Å². The summed E-state index contributed by atoms with van der Waals surface area (Å²) in [6.45, 7) is 1.92. The highest BCUT2D eigenvalue weighted by Crippen LogP contribution is 2.29. The second kappa shape index (κ2) is 4.68. The maximum absolute atomic E-state index is 14.1. The molecular weight excluding hydrogens is 302 g/mol. The summed E-state index contributed by atoms with van der Waals surface area (Å²) in [5.41, 5.74) is 2.51. The molecule has 1 N–H and O–H groups in total. The molecule has 0 amide bonds. The molecule has 0 saturated carbocycles. The van der Waals surface area contributed by atoms with E-state index in [2.05, 4.69) is 4.98 Å². The molecule has 0 atom stereocenters. The zero-order chi connectivity index (χ0) is 14.4. The van der Waals surface area contributed by atoms with E-state index in [9.17, 15) is 8.78 Å². The normalized spacial score (nSPS) is 11.2. The molecule has 1 aromatic heterocycles. The van der Waals surface area contributed by atoms with Gasteiger partial charge in [0.1, 0.15) is 11.5 Å². The van der Waals surface area contributed by atoms with Crippen LogP contribution in [0.4, 0.5) is 8.78 Å². The van der Waals surface area contributed by atoms with Gasteiger partial charge in [-0.1, -0.05) is 17.7 Å². The van der Waals surface area contributed by atoms with Gasteiger partial charge in [-0.15, -0.1) is 0 Å². The number of aryl methyl sites for hydroxylation is 1. The minimum Gasteiger partial charge on any atom is -0.330 e. The van der Waals surface area contributed by atoms with Crippen LogP contribution >= 0.6 is 23.8 Å². The van der Waals surface area contributed by atoms with Gasteiger partial charge in [-0.2, -0.15) is 0 Å². The number of hydrogen-bond donors (Lipinski definition) is 1. The van der Waals surface area contributed by atoms with Gasteiger partial charge < -0.3 is 4.98 Å². The molecule has 102 valence electrons. The van der Waals surface area contributed by atoms with Crippen LogP contribution in [0.2, 0.25) is 5.02 Å². The van der Waals surface area contributed by atoms with E-state index >= 15 is 0 Å². The van der Waals surface area contributed by atoms with Crippen LogP contribution in [-0.2, 0) is 0 Å². The molecule has 6 heteroatoms. The van der Waals surface area contributed by atoms with Gasteiger partial charge >= 0.3 is 0 Å². The number of nitrogens with zero attached hydrogens (tertiary/aromatic N) is 1. The minimum atomic E-state index is -0.756. The van der Waals surface area contributed by atoms with Crippen LogP contribution in [-0.4, -0.2) is 9.55 Å². The van der Waals surface area contributed by atoms with E-state index < -0.39 is 11.6 Å². The number of rotatable bonds is 1. The Morgan fingerprint density at radius 2 is 1.95 bits per heavy atom. The van der Waals surface area contributed by atoms with E-state index in [-0.39, 0.29) is 10.7 Å². The summed E-state index contributed by atoms with van der Waals surface area (Å²) in [5, 5.41) is -0.0268. The Bertz CT molecular complexity index is 859. The first-order valence-corrected chi connectivity index (χ1v) is 6.62. The van der Waals surface area contributed by atoms with Gasteiger partial charge in [-0.05, 0) is 42.9 Å². The zero-order valence-corrected chi connectivity index (χ0v) is 11.9. The fourth-order valence-electron chi connectivity index (χ4n) is 2.18. The Hall–Kier alpha value is -1.72. The van der Waals surface area contributed by atoms with Crippen molar-refractivity contribution in [1.82, 2.24) is 9.55 Å². The van der Waals surface area contributed by atoms with Gasteiger partial charge in [0.15, 0.2) is 10.6 Å². The molecule has 2 aromatic carbocycles. The van der Waals surface area contributed by atoms with Crippen LogP contribution in [0.1, 0.15) is 5.56 Å². The van der Waals surface area contributed by atoms with Crippen LogP contribution in [0.5, 0.6) is 0 Å². The van der Waals surface area contributed by atoms with E-state index in [1.807, 2.05) is 25.1 Å². The Kier molecular flexibility index (Phi) is 3.11. The van der Waals surface area contributed by atoms with Gasteiger partial charge in [-0.3, -0.25) is 4.57 Å². The molecule has 0 aliphatic rings. The van der Waals surface area contributed by atoms with E-state index in [1.54, 1.807) is 0 Å². The number of halogens is 3. The van der Waals surface area contributed by atoms with Crippen molar-refractivity contribution in [2.24, 2.45) is 0 Å². The maximum atomic E-state index is 14.1. The number of nitrogens with one attached hydrogen (secondary N) is 1. The van der Waals surface area contributed by atoms with Crippen molar-refractivity contribution in [2.45, 2.75) is 6.92 Å². The fourth-order valence-corrected chi connectivity index (χ4v) is 2.76. The molecule has 1 heterocycles. The standard InChI is InChI=1S/C14H9ClF2N2S/c1-7-2-3-11-12(4-7)19(14(20)18-11)13-9(15)5-8(16)6-10(13)17/h2-6H,1H3,(H,18,20). The molecule has 0 saturated heterocycles. The molecule has 0 aliphatic carbocycles. The number of benzene rings is 2. The van der Waals surface area contributed by atoms with Crippen LogP contribution < -0.4 is 0 Å². The number of imidazole rings is 1. The van der Waals surface area contributed by atoms with Crippen molar-refractivity contribution in [1.29, 1.82) is 0 Å². The molecule has 0 fully saturated rings. The average Bonchev–Trinajstić information content (AvgIpc) is 2.65. The topological polar surface area (TPSA) is 20.7 Å². The highest BCUT2D eigenvalue weighted by atomic mass is 35.5. The van der Waals surface area contributed by atoms with Crippen molar-refractivity contribution in [3.63, 3.8) is 0 Å². The number of fused-ring (bicyclic) bond motifs is 1. The Morgan fingerprint density at radius 3 is 2.65 bits per heavy atom. The highest BCUT2D eigenvalue weighted by Gasteiger charge is 2.16. The molecule has 2 nitrogen and oxygen atoms in total. The summed E-state index contributed by atoms with van der Waals surface area (Å²) >= 11 is 11.2. The molecule has 0 radical (unpaired) electrons. The third-order valence-electron chi connectivity index (χ3n) is 3.04. The summed E-state index contributed by atoms with van der Waals surface area (Å²) < 4.78 is 29.0. The molecule has 3 rings (SSSR count). The molecule has 0 spiro atoms. The molecule has 20 heavy (non-hydrogen) atoms. The van der Waals surface area contributed by atoms with Crippen LogP contribution in [0.25, 0.3) is 16.7 Å². The van der Waals surface area contributed by atoms with E-state index in [0.29, 0.717) is 10.3 Å². The second-order valence-corrected chi connectivity index (χ2v) is 5.30. The number of H-pyrrole nitrogens is 1. The van der Waals surface area contributed by atoms with Crippen molar-refractivity contribution >= 4 is 34.9 Å². The summed E-state index contributed by atoms with van der Waals surface area (Å²) in [6.07, 6.45) is 0. The number of hydrogen-bond acceptors (Lipinski definition) is 1. The van der Waals surface area contributed by atoms with Gasteiger partial charge in [0.25, 0.3) is 0 Å². The summed E-state index contributed by atoms with van der Waals surface area (Å²) in [6, 6.07) is 7.49. The molecule has 0 bridgehead atoms. The SMILES string of the molecule is Cc1ccc2[nH]c(=S)n(-c3c(F)cc(F)cc3Cl)c2c1. The lowest BCUT2D eigenvalue weighted by atomic mass is 10.2. The van der Waals surface area contributed by atoms with Crippen molar-refractivity contribution in [3.05, 3.63) is 57.3 Å². The largest absolute Gasteiger partial charge is 0.330 e. The lowest BCUT2D eigenvalue weighted by molar-refractivity contribution is 0.578. The molecule has 0 aliphatic heterocycles. The number of aromatic amines is 1. The van der Waals surface area contributed by atoms with E-state index in [1.165, 1.54) is 4.57 Å². The monoisotopic (exact) mass is 310 g/mol. The summed E-state index contributed by atoms with van der Waals surface area (Å²) in [4.78, 5) is 2.98. The third kappa shape index (κ3) is 2.03. The second-order valence-electron chi connectivity index (χ2n) is 4.50. The lowest BCUT2D eigenvalue weighted by Gasteiger charge is -2.09. The smallest absolute Gasteiger partial charge is 0.182 e. The first-order valence-electron chi connectivity index (χ1n) is 5.83. The third-order valence-corrected chi connectivity index (χ3v) is 3.62. The van der Waals surface area contributed by atoms with Crippen LogP contribution in [0.3, 0.4) is 0 Å². The fraction of sp³-hybridized carbons (Fsp3) is 0.0714. The van der Waals surface area contributed by atoms with Gasteiger partial charge in [0, 0.05) is 6.07 Å². The predicted octanol–water partition coefficient (Wildman–Crippen LogP) is 4.93. The van der Waals surface area contributed by atoms with Crippen LogP contribution in [0.15, 0.2) is 30.3 Å². The first kappa shape index (κ1) is 13.3. The Labute approximate surface area is 123 Å². The first-order chi connectivity index (χ1) is 9.47. The highest BCUT2D eigenvalue weighted by molar-refractivity contribution is 7.71. The lowest BCUT2D eigenvalue weighted by Crippen LogP contribution is -2.00. The van der Waals surface area contributed by atoms with E-state index in [0.717, 1.165) is 23.2 Å². The van der Waals surface area contributed by atoms with Crippen LogP contribution in [0, 0.1) is 23.3 Å². The molecular formula is C14H9ClF2N2S. The predicted molar refractivity (Wildman–Crippen MR) is 78.1 cm³/mol. The van der Waals surface area contributed by atoms with Gasteiger partial charge in [0.05, 0.1) is 16.1 Å². The quantitative estimate of drug-likeness (QED) is 0.632. The van der Waals surface area contributed by atoms with E-state index in [4.69, 9.17) is 23.8 Å². The summed E-state index contributed by atoms with van der Waals surface area (Å²) in [7, 11) is 0. The molecule has 3 aromatic rings. The Morgan fingerprint density at radius 1 is 1.20 bits per heavy atom.